The molecule has 2 N–H and O–H groups in total. The van der Waals surface area contributed by atoms with Gasteiger partial charge >= 0.3 is 6.09 Å². The largest absolute Gasteiger partial charge is 0.444 e. The Kier molecular flexibility index (Phi) is 6.28. The van der Waals surface area contributed by atoms with Crippen LogP contribution in [0.3, 0.4) is 0 Å². The number of ether oxygens (including phenoxy) is 1. The van der Waals surface area contributed by atoms with Crippen LogP contribution in [-0.4, -0.2) is 28.3 Å². The van der Waals surface area contributed by atoms with E-state index in [9.17, 15) is 4.79 Å². The van der Waals surface area contributed by atoms with E-state index < -0.39 is 5.60 Å². The van der Waals surface area contributed by atoms with Crippen LogP contribution in [0.5, 0.6) is 0 Å². The van der Waals surface area contributed by atoms with Gasteiger partial charge < -0.3 is 19.9 Å². The van der Waals surface area contributed by atoms with Gasteiger partial charge in [0.2, 0.25) is 0 Å². The van der Waals surface area contributed by atoms with Gasteiger partial charge in [0.25, 0.3) is 0 Å². The number of aromatic nitrogens is 1. The van der Waals surface area contributed by atoms with E-state index in [0.29, 0.717) is 6.54 Å². The lowest BCUT2D eigenvalue weighted by Gasteiger charge is -2.28. The number of rotatable bonds is 6. The van der Waals surface area contributed by atoms with Gasteiger partial charge in [-0.3, -0.25) is 0 Å². The Balaban J connectivity index is 2.54. The fourth-order valence-corrected chi connectivity index (χ4v) is 2.54. The zero-order valence-corrected chi connectivity index (χ0v) is 16.0. The van der Waals surface area contributed by atoms with Gasteiger partial charge in [0.05, 0.1) is 0 Å². The summed E-state index contributed by atoms with van der Waals surface area (Å²) >= 11 is 0. The second-order valence-electron chi connectivity index (χ2n) is 7.73. The van der Waals surface area contributed by atoms with E-state index in [2.05, 4.69) is 55.9 Å². The molecular formula is C18H33N3O2. The summed E-state index contributed by atoms with van der Waals surface area (Å²) in [6.07, 6.45) is -0.378. The molecule has 0 aliphatic heterocycles. The van der Waals surface area contributed by atoms with Crippen LogP contribution < -0.4 is 10.6 Å². The van der Waals surface area contributed by atoms with E-state index in [4.69, 9.17) is 4.74 Å². The molecule has 0 aliphatic rings. The normalized spacial score (nSPS) is 12.3. The molecule has 0 atom stereocenters. The summed E-state index contributed by atoms with van der Waals surface area (Å²) in [5.74, 6) is 0. The van der Waals surface area contributed by atoms with Crippen LogP contribution in [0.25, 0.3) is 0 Å². The van der Waals surface area contributed by atoms with E-state index in [0.717, 1.165) is 13.1 Å². The predicted octanol–water partition coefficient (Wildman–Crippen LogP) is 3.52. The zero-order chi connectivity index (χ0) is 17.8. The summed E-state index contributed by atoms with van der Waals surface area (Å²) in [5, 5.41) is 6.34. The minimum absolute atomic E-state index is 0.217. The van der Waals surface area contributed by atoms with Crippen molar-refractivity contribution in [3.05, 3.63) is 23.0 Å². The summed E-state index contributed by atoms with van der Waals surface area (Å²) in [6, 6.07) is 2.23. The van der Waals surface area contributed by atoms with Gasteiger partial charge in [-0.1, -0.05) is 0 Å². The van der Waals surface area contributed by atoms with Gasteiger partial charge in [-0.25, -0.2) is 4.79 Å². The lowest BCUT2D eigenvalue weighted by Crippen LogP contribution is -2.49. The number of hydrogen-bond acceptors (Lipinski definition) is 3. The number of nitrogens with zero attached hydrogens (tertiary/aromatic N) is 1. The van der Waals surface area contributed by atoms with Crippen molar-refractivity contribution >= 4 is 6.09 Å². The van der Waals surface area contributed by atoms with E-state index >= 15 is 0 Å². The summed E-state index contributed by atoms with van der Waals surface area (Å²) in [6.45, 7) is 18.4. The molecule has 1 aromatic heterocycles. The monoisotopic (exact) mass is 323 g/mol. The standard InChI is InChI=1S/C18H33N3O2/c1-9-21-13(2)10-15(14(21)3)11-20-18(7,8)12-19-16(22)23-17(4,5)6/h10,20H,9,11-12H2,1-8H3,(H,19,22). The Labute approximate surface area is 140 Å². The molecule has 0 radical (unpaired) electrons. The van der Waals surface area contributed by atoms with Crippen molar-refractivity contribution in [2.75, 3.05) is 6.54 Å². The number of nitrogens with one attached hydrogen (secondary N) is 2. The topological polar surface area (TPSA) is 55.3 Å². The first kappa shape index (κ1) is 19.6. The molecule has 0 saturated carbocycles. The molecule has 5 nitrogen and oxygen atoms in total. The highest BCUT2D eigenvalue weighted by molar-refractivity contribution is 5.67. The van der Waals surface area contributed by atoms with Crippen molar-refractivity contribution in [2.45, 2.75) is 79.6 Å². The number of carbonyl (C=O) groups is 1. The molecule has 5 heteroatoms. The van der Waals surface area contributed by atoms with E-state index in [1.807, 2.05) is 20.8 Å². The zero-order valence-electron chi connectivity index (χ0n) is 16.0. The molecule has 0 spiro atoms. The third-order valence-corrected chi connectivity index (χ3v) is 3.83. The van der Waals surface area contributed by atoms with Gasteiger partial charge in [0, 0.05) is 36.6 Å². The lowest BCUT2D eigenvalue weighted by atomic mass is 10.1. The Morgan fingerprint density at radius 2 is 1.83 bits per heavy atom. The van der Waals surface area contributed by atoms with Crippen molar-refractivity contribution in [2.24, 2.45) is 0 Å². The highest BCUT2D eigenvalue weighted by atomic mass is 16.6. The van der Waals surface area contributed by atoms with Crippen LogP contribution in [0.4, 0.5) is 4.79 Å². The molecule has 0 saturated heterocycles. The summed E-state index contributed by atoms with van der Waals surface area (Å²) in [4.78, 5) is 11.8. The number of aryl methyl sites for hydroxylation is 1. The van der Waals surface area contributed by atoms with Gasteiger partial charge in [-0.15, -0.1) is 0 Å². The predicted molar refractivity (Wildman–Crippen MR) is 94.7 cm³/mol. The van der Waals surface area contributed by atoms with Crippen molar-refractivity contribution in [1.82, 2.24) is 15.2 Å². The molecule has 0 aromatic carbocycles. The minimum Gasteiger partial charge on any atom is -0.444 e. The molecule has 132 valence electrons. The van der Waals surface area contributed by atoms with Crippen LogP contribution in [0.2, 0.25) is 0 Å². The highest BCUT2D eigenvalue weighted by Crippen LogP contribution is 2.16. The van der Waals surface area contributed by atoms with E-state index in [1.165, 1.54) is 17.0 Å². The smallest absolute Gasteiger partial charge is 0.407 e. The van der Waals surface area contributed by atoms with Crippen LogP contribution in [0.1, 0.15) is 58.5 Å². The van der Waals surface area contributed by atoms with Crippen LogP contribution in [0, 0.1) is 13.8 Å². The van der Waals surface area contributed by atoms with Crippen molar-refractivity contribution in [3.63, 3.8) is 0 Å². The molecule has 0 unspecified atom stereocenters. The van der Waals surface area contributed by atoms with Gasteiger partial charge in [-0.05, 0) is 67.0 Å². The van der Waals surface area contributed by atoms with E-state index in [-0.39, 0.29) is 11.6 Å². The summed E-state index contributed by atoms with van der Waals surface area (Å²) < 4.78 is 7.58. The molecule has 0 bridgehead atoms. The number of amides is 1. The van der Waals surface area contributed by atoms with Gasteiger partial charge in [0.15, 0.2) is 0 Å². The number of hydrogen-bond donors (Lipinski definition) is 2. The Morgan fingerprint density at radius 1 is 1.22 bits per heavy atom. The highest BCUT2D eigenvalue weighted by Gasteiger charge is 2.22. The molecule has 23 heavy (non-hydrogen) atoms. The second-order valence-corrected chi connectivity index (χ2v) is 7.73. The molecule has 1 aromatic rings. The van der Waals surface area contributed by atoms with Gasteiger partial charge in [0.1, 0.15) is 5.60 Å². The summed E-state index contributed by atoms with van der Waals surface area (Å²) in [7, 11) is 0. The maximum atomic E-state index is 11.8. The maximum Gasteiger partial charge on any atom is 0.407 e. The molecule has 1 rings (SSSR count). The first-order chi connectivity index (χ1) is 10.4. The Bertz CT molecular complexity index is 539. The molecule has 1 amide bonds. The van der Waals surface area contributed by atoms with Gasteiger partial charge in [-0.2, -0.15) is 0 Å². The third-order valence-electron chi connectivity index (χ3n) is 3.83. The number of carbonyl (C=O) groups excluding carboxylic acids is 1. The Hall–Kier alpha value is -1.49. The number of alkyl carbamates (subject to hydrolysis) is 1. The fourth-order valence-electron chi connectivity index (χ4n) is 2.54. The van der Waals surface area contributed by atoms with Crippen LogP contribution >= 0.6 is 0 Å². The quantitative estimate of drug-likeness (QED) is 0.842. The van der Waals surface area contributed by atoms with Crippen molar-refractivity contribution in [1.29, 1.82) is 0 Å². The molecular weight excluding hydrogens is 290 g/mol. The van der Waals surface area contributed by atoms with Crippen LogP contribution in [-0.2, 0) is 17.8 Å². The minimum atomic E-state index is -0.473. The van der Waals surface area contributed by atoms with Crippen molar-refractivity contribution < 1.29 is 9.53 Å². The first-order valence-electron chi connectivity index (χ1n) is 8.32. The first-order valence-corrected chi connectivity index (χ1v) is 8.32. The van der Waals surface area contributed by atoms with Crippen molar-refractivity contribution in [3.8, 4) is 0 Å². The lowest BCUT2D eigenvalue weighted by molar-refractivity contribution is 0.0513. The Morgan fingerprint density at radius 3 is 2.30 bits per heavy atom. The fraction of sp³-hybridized carbons (Fsp3) is 0.722. The third kappa shape index (κ3) is 6.26. The molecule has 0 fully saturated rings. The molecule has 1 heterocycles. The SMILES string of the molecule is CCn1c(C)cc(CNC(C)(C)CNC(=O)OC(C)(C)C)c1C. The molecule has 0 aliphatic carbocycles. The average Bonchev–Trinajstić information content (AvgIpc) is 2.67. The average molecular weight is 323 g/mol. The van der Waals surface area contributed by atoms with E-state index in [1.54, 1.807) is 0 Å². The second kappa shape index (κ2) is 7.39. The maximum absolute atomic E-state index is 11.8. The van der Waals surface area contributed by atoms with Crippen LogP contribution in [0.15, 0.2) is 6.07 Å². The summed E-state index contributed by atoms with van der Waals surface area (Å²) in [5.41, 5.74) is 3.19.